The summed E-state index contributed by atoms with van der Waals surface area (Å²) in [5, 5.41) is 9.55. The Kier molecular flexibility index (Phi) is 5.73. The molecule has 2 N–H and O–H groups in total. The lowest BCUT2D eigenvalue weighted by Gasteiger charge is -2.20. The SMILES string of the molecule is CN1C(=O)[C@H](NC(=O)Nc2cccc(C#Cc3cnc4cccnn34)c2)COc2ccc(F)cc21. The molecule has 1 aliphatic heterocycles. The third-order valence-corrected chi connectivity index (χ3v) is 5.35. The van der Waals surface area contributed by atoms with Crippen molar-refractivity contribution >= 4 is 29.0 Å². The average molecular weight is 470 g/mol. The van der Waals surface area contributed by atoms with E-state index >= 15 is 0 Å². The minimum absolute atomic E-state index is 0.0892. The highest BCUT2D eigenvalue weighted by Gasteiger charge is 2.30. The van der Waals surface area contributed by atoms with Gasteiger partial charge in [0.15, 0.2) is 5.65 Å². The number of hydrogen-bond acceptors (Lipinski definition) is 5. The van der Waals surface area contributed by atoms with Crippen molar-refractivity contribution in [2.24, 2.45) is 0 Å². The molecule has 2 aromatic heterocycles. The van der Waals surface area contributed by atoms with E-state index in [0.29, 0.717) is 34.0 Å². The van der Waals surface area contributed by atoms with Gasteiger partial charge in [0.25, 0.3) is 5.91 Å². The van der Waals surface area contributed by atoms with Crippen LogP contribution in [0, 0.1) is 17.7 Å². The minimum Gasteiger partial charge on any atom is -0.489 e. The fraction of sp³-hybridized carbons (Fsp3) is 0.120. The van der Waals surface area contributed by atoms with Crippen molar-refractivity contribution in [1.82, 2.24) is 19.9 Å². The largest absolute Gasteiger partial charge is 0.489 e. The van der Waals surface area contributed by atoms with Crippen LogP contribution >= 0.6 is 0 Å². The molecule has 0 radical (unpaired) electrons. The predicted molar refractivity (Wildman–Crippen MR) is 127 cm³/mol. The molecule has 0 saturated heterocycles. The first-order valence-corrected chi connectivity index (χ1v) is 10.7. The van der Waals surface area contributed by atoms with Crippen molar-refractivity contribution in [3.05, 3.63) is 84.1 Å². The maximum atomic E-state index is 13.6. The molecule has 9 nitrogen and oxygen atoms in total. The highest BCUT2D eigenvalue weighted by Crippen LogP contribution is 2.31. The normalized spacial score (nSPS) is 14.9. The molecule has 10 heteroatoms. The van der Waals surface area contributed by atoms with Crippen LogP contribution in [0.25, 0.3) is 5.65 Å². The summed E-state index contributed by atoms with van der Waals surface area (Å²) < 4.78 is 20.9. The zero-order chi connectivity index (χ0) is 24.4. The number of urea groups is 1. The number of carbonyl (C=O) groups is 2. The van der Waals surface area contributed by atoms with Gasteiger partial charge >= 0.3 is 6.03 Å². The van der Waals surface area contributed by atoms with Crippen molar-refractivity contribution in [1.29, 1.82) is 0 Å². The highest BCUT2D eigenvalue weighted by molar-refractivity contribution is 6.02. The Morgan fingerprint density at radius 2 is 2.06 bits per heavy atom. The number of halogens is 1. The van der Waals surface area contributed by atoms with Crippen LogP contribution in [-0.2, 0) is 4.79 Å². The van der Waals surface area contributed by atoms with Gasteiger partial charge in [-0.05, 0) is 48.4 Å². The van der Waals surface area contributed by atoms with Crippen molar-refractivity contribution < 1.29 is 18.7 Å². The highest BCUT2D eigenvalue weighted by atomic mass is 19.1. The van der Waals surface area contributed by atoms with Crippen LogP contribution < -0.4 is 20.3 Å². The lowest BCUT2D eigenvalue weighted by atomic mass is 10.2. The number of fused-ring (bicyclic) bond motifs is 2. The van der Waals surface area contributed by atoms with Crippen molar-refractivity contribution in [3.8, 4) is 17.6 Å². The second-order valence-corrected chi connectivity index (χ2v) is 7.74. The van der Waals surface area contributed by atoms with Crippen LogP contribution in [0.5, 0.6) is 5.75 Å². The summed E-state index contributed by atoms with van der Waals surface area (Å²) in [4.78, 5) is 30.9. The van der Waals surface area contributed by atoms with Crippen molar-refractivity contribution in [2.45, 2.75) is 6.04 Å². The third-order valence-electron chi connectivity index (χ3n) is 5.35. The lowest BCUT2D eigenvalue weighted by Crippen LogP contribution is -2.50. The smallest absolute Gasteiger partial charge is 0.320 e. The van der Waals surface area contributed by atoms with E-state index in [9.17, 15) is 14.0 Å². The van der Waals surface area contributed by atoms with E-state index in [4.69, 9.17) is 4.74 Å². The molecule has 1 aliphatic rings. The molecule has 4 aromatic rings. The summed E-state index contributed by atoms with van der Waals surface area (Å²) in [6, 6.07) is 13.0. The number of aromatic nitrogens is 3. The van der Waals surface area contributed by atoms with Gasteiger partial charge in [0.2, 0.25) is 0 Å². The Balaban J connectivity index is 1.26. The van der Waals surface area contributed by atoms with Crippen LogP contribution in [0.4, 0.5) is 20.6 Å². The molecule has 1 atom stereocenters. The first kappa shape index (κ1) is 21.9. The number of likely N-dealkylation sites (N-methyl/N-ethyl adjacent to an activating group) is 1. The predicted octanol–water partition coefficient (Wildman–Crippen LogP) is 2.81. The van der Waals surface area contributed by atoms with E-state index in [1.54, 1.807) is 47.2 Å². The summed E-state index contributed by atoms with van der Waals surface area (Å²) in [7, 11) is 1.50. The van der Waals surface area contributed by atoms with Crippen LogP contribution in [0.2, 0.25) is 0 Å². The summed E-state index contributed by atoms with van der Waals surface area (Å²) in [6.45, 7) is -0.0892. The second kappa shape index (κ2) is 9.15. The van der Waals surface area contributed by atoms with Crippen LogP contribution in [0.1, 0.15) is 11.3 Å². The molecule has 0 aliphatic carbocycles. The molecule has 5 rings (SSSR count). The van der Waals surface area contributed by atoms with Crippen LogP contribution in [0.15, 0.2) is 67.0 Å². The van der Waals surface area contributed by atoms with Gasteiger partial charge in [-0.25, -0.2) is 18.7 Å². The lowest BCUT2D eigenvalue weighted by molar-refractivity contribution is -0.120. The monoisotopic (exact) mass is 470 g/mol. The average Bonchev–Trinajstić information content (AvgIpc) is 3.24. The van der Waals surface area contributed by atoms with Gasteiger partial charge in [0.1, 0.15) is 29.9 Å². The molecule has 0 saturated carbocycles. The number of carbonyl (C=O) groups excluding carboxylic acids is 2. The Labute approximate surface area is 199 Å². The van der Waals surface area contributed by atoms with E-state index in [1.807, 2.05) is 6.07 Å². The van der Waals surface area contributed by atoms with E-state index < -0.39 is 23.8 Å². The fourth-order valence-corrected chi connectivity index (χ4v) is 3.63. The van der Waals surface area contributed by atoms with E-state index in [1.165, 1.54) is 30.1 Å². The van der Waals surface area contributed by atoms with Crippen molar-refractivity contribution in [3.63, 3.8) is 0 Å². The van der Waals surface area contributed by atoms with Gasteiger partial charge in [0.05, 0.1) is 11.9 Å². The molecule has 174 valence electrons. The van der Waals surface area contributed by atoms with Crippen LogP contribution in [-0.4, -0.2) is 46.2 Å². The molecule has 35 heavy (non-hydrogen) atoms. The Morgan fingerprint density at radius 1 is 1.17 bits per heavy atom. The van der Waals surface area contributed by atoms with Crippen LogP contribution in [0.3, 0.4) is 0 Å². The van der Waals surface area contributed by atoms with E-state index in [0.717, 1.165) is 0 Å². The molecule has 0 unspecified atom stereocenters. The number of rotatable bonds is 2. The van der Waals surface area contributed by atoms with Gasteiger partial charge in [0, 0.05) is 30.6 Å². The Morgan fingerprint density at radius 3 is 2.94 bits per heavy atom. The molecule has 3 heterocycles. The number of nitrogens with one attached hydrogen (secondary N) is 2. The minimum atomic E-state index is -0.957. The summed E-state index contributed by atoms with van der Waals surface area (Å²) in [5.41, 5.74) is 2.78. The van der Waals surface area contributed by atoms with Gasteiger partial charge in [-0.15, -0.1) is 0 Å². The first-order valence-electron chi connectivity index (χ1n) is 10.7. The molecule has 3 amide bonds. The zero-order valence-corrected chi connectivity index (χ0v) is 18.5. The van der Waals surface area contributed by atoms with Crippen molar-refractivity contribution in [2.75, 3.05) is 23.9 Å². The third kappa shape index (κ3) is 4.60. The number of ether oxygens (including phenoxy) is 1. The summed E-state index contributed by atoms with van der Waals surface area (Å²) >= 11 is 0. The number of hydrogen-bond donors (Lipinski definition) is 2. The number of amides is 3. The Bertz CT molecular complexity index is 1510. The topological polar surface area (TPSA) is 101 Å². The number of benzene rings is 2. The van der Waals surface area contributed by atoms with E-state index in [-0.39, 0.29) is 6.61 Å². The van der Waals surface area contributed by atoms with E-state index in [2.05, 4.69) is 32.6 Å². The maximum Gasteiger partial charge on any atom is 0.320 e. The zero-order valence-electron chi connectivity index (χ0n) is 18.5. The quantitative estimate of drug-likeness (QED) is 0.439. The number of imidazole rings is 1. The summed E-state index contributed by atoms with van der Waals surface area (Å²) in [5.74, 6) is 5.51. The first-order chi connectivity index (χ1) is 17.0. The van der Waals surface area contributed by atoms with Gasteiger partial charge in [-0.3, -0.25) is 4.79 Å². The maximum absolute atomic E-state index is 13.6. The molecular weight excluding hydrogens is 451 g/mol. The molecule has 0 fully saturated rings. The number of anilines is 2. The standard InChI is InChI=1S/C25H19FN6O3/c1-31-21-13-17(26)8-10-22(21)35-15-20(24(31)33)30-25(34)29-18-5-2-4-16(12-18)7-9-19-14-27-23-6-3-11-28-32(19)23/h2-6,8,10-14,20H,15H2,1H3,(H2,29,30,34)/t20-/m1/s1. The molecule has 2 aromatic carbocycles. The second-order valence-electron chi connectivity index (χ2n) is 7.74. The molecular formula is C25H19FN6O3. The fourth-order valence-electron chi connectivity index (χ4n) is 3.63. The molecule has 0 spiro atoms. The van der Waals surface area contributed by atoms with Gasteiger partial charge < -0.3 is 20.3 Å². The van der Waals surface area contributed by atoms with Gasteiger partial charge in [-0.1, -0.05) is 12.0 Å². The molecule has 0 bridgehead atoms. The number of nitrogens with zero attached hydrogens (tertiary/aromatic N) is 4. The summed E-state index contributed by atoms with van der Waals surface area (Å²) in [6.07, 6.45) is 3.29. The Hall–Kier alpha value is -4.91. The van der Waals surface area contributed by atoms with Gasteiger partial charge in [-0.2, -0.15) is 5.10 Å².